The van der Waals surface area contributed by atoms with Crippen LogP contribution in [-0.4, -0.2) is 0 Å². The van der Waals surface area contributed by atoms with Gasteiger partial charge in [-0.3, -0.25) is 0 Å². The van der Waals surface area contributed by atoms with Gasteiger partial charge in [0, 0.05) is 28.8 Å². The first-order valence-corrected chi connectivity index (χ1v) is 12.9. The fourth-order valence-electron chi connectivity index (χ4n) is 4.16. The Morgan fingerprint density at radius 3 is 1.30 bits per heavy atom. The highest BCUT2D eigenvalue weighted by molar-refractivity contribution is 5.73. The SMILES string of the molecule is Cc1ccc(C[n+]2c(-c3ccccc3)cc(-c3ccccc3)cc2-c2ccccc2)cc1.[O-][Cl+3]([O-])([O-])[O-]. The fraction of sp³-hybridized carbons (Fsp3) is 0.0645. The second-order valence-corrected chi connectivity index (χ2v) is 9.32. The molecule has 0 fully saturated rings. The largest absolute Gasteiger partial charge is 0.222 e. The number of halogens is 1. The maximum atomic E-state index is 8.49. The van der Waals surface area contributed by atoms with Crippen molar-refractivity contribution >= 4 is 0 Å². The lowest BCUT2D eigenvalue weighted by molar-refractivity contribution is -2.00. The van der Waals surface area contributed by atoms with Crippen LogP contribution in [0.4, 0.5) is 0 Å². The molecule has 186 valence electrons. The van der Waals surface area contributed by atoms with E-state index < -0.39 is 10.2 Å². The molecule has 0 amide bonds. The van der Waals surface area contributed by atoms with Gasteiger partial charge in [0.15, 0.2) is 6.54 Å². The summed E-state index contributed by atoms with van der Waals surface area (Å²) in [5, 5.41) is 0. The van der Waals surface area contributed by atoms with Crippen LogP contribution >= 0.6 is 0 Å². The minimum absolute atomic E-state index is 0.809. The molecule has 0 saturated heterocycles. The van der Waals surface area contributed by atoms with Crippen LogP contribution in [0.2, 0.25) is 0 Å². The molecule has 0 saturated carbocycles. The summed E-state index contributed by atoms with van der Waals surface area (Å²) >= 11 is 0. The third kappa shape index (κ3) is 7.57. The van der Waals surface area contributed by atoms with Crippen molar-refractivity contribution < 1.29 is 33.4 Å². The number of hydrogen-bond donors (Lipinski definition) is 0. The van der Waals surface area contributed by atoms with Crippen LogP contribution in [0, 0.1) is 17.2 Å². The molecule has 5 aromatic rings. The molecule has 0 unspecified atom stereocenters. The highest BCUT2D eigenvalue weighted by atomic mass is 35.7. The molecule has 37 heavy (non-hydrogen) atoms. The molecule has 0 N–H and O–H groups in total. The lowest BCUT2D eigenvalue weighted by Crippen LogP contribution is -2.68. The molecular weight excluding hydrogens is 486 g/mol. The average molecular weight is 512 g/mol. The van der Waals surface area contributed by atoms with E-state index >= 15 is 0 Å². The smallest absolute Gasteiger partial charge is 0.213 e. The Hall–Kier alpha value is -3.84. The van der Waals surface area contributed by atoms with Crippen molar-refractivity contribution in [2.75, 3.05) is 0 Å². The van der Waals surface area contributed by atoms with Gasteiger partial charge in [-0.15, -0.1) is 10.2 Å². The topological polar surface area (TPSA) is 96.1 Å². The van der Waals surface area contributed by atoms with Gasteiger partial charge in [0.25, 0.3) is 0 Å². The van der Waals surface area contributed by atoms with E-state index in [4.69, 9.17) is 18.6 Å². The van der Waals surface area contributed by atoms with Crippen LogP contribution in [0.3, 0.4) is 0 Å². The Balaban J connectivity index is 0.000000586. The van der Waals surface area contributed by atoms with E-state index in [1.54, 1.807) is 0 Å². The van der Waals surface area contributed by atoms with E-state index in [0.717, 1.165) is 6.54 Å². The summed E-state index contributed by atoms with van der Waals surface area (Å²) < 4.78 is 36.4. The van der Waals surface area contributed by atoms with E-state index in [1.165, 1.54) is 44.8 Å². The quantitative estimate of drug-likeness (QED) is 0.339. The van der Waals surface area contributed by atoms with Crippen LogP contribution in [0.5, 0.6) is 0 Å². The minimum atomic E-state index is -4.94. The highest BCUT2D eigenvalue weighted by Crippen LogP contribution is 2.29. The van der Waals surface area contributed by atoms with Crippen LogP contribution < -0.4 is 23.2 Å². The van der Waals surface area contributed by atoms with Crippen molar-refractivity contribution in [1.82, 2.24) is 0 Å². The highest BCUT2D eigenvalue weighted by Gasteiger charge is 2.23. The Morgan fingerprint density at radius 1 is 0.514 bits per heavy atom. The molecule has 5 rings (SSSR count). The van der Waals surface area contributed by atoms with Gasteiger partial charge in [-0.25, -0.2) is 18.6 Å². The van der Waals surface area contributed by atoms with Crippen molar-refractivity contribution in [3.63, 3.8) is 0 Å². The van der Waals surface area contributed by atoms with Crippen molar-refractivity contribution in [2.45, 2.75) is 13.5 Å². The Kier molecular flexibility index (Phi) is 8.46. The van der Waals surface area contributed by atoms with Gasteiger partial charge in [0.1, 0.15) is 0 Å². The van der Waals surface area contributed by atoms with Crippen LogP contribution in [-0.2, 0) is 6.54 Å². The zero-order valence-electron chi connectivity index (χ0n) is 20.3. The minimum Gasteiger partial charge on any atom is -0.222 e. The van der Waals surface area contributed by atoms with Gasteiger partial charge in [-0.05, 0) is 42.3 Å². The zero-order valence-corrected chi connectivity index (χ0v) is 21.0. The predicted molar refractivity (Wildman–Crippen MR) is 133 cm³/mol. The van der Waals surface area contributed by atoms with E-state index in [0.29, 0.717) is 0 Å². The summed E-state index contributed by atoms with van der Waals surface area (Å²) in [5.41, 5.74) is 9.89. The molecule has 1 aromatic heterocycles. The monoisotopic (exact) mass is 511 g/mol. The Bertz CT molecular complexity index is 1350. The van der Waals surface area contributed by atoms with E-state index in [-0.39, 0.29) is 0 Å². The molecule has 1 heterocycles. The number of aromatic nitrogens is 1. The first kappa shape index (κ1) is 26.2. The molecular formula is C31H26ClNO4. The number of aryl methyl sites for hydroxylation is 1. The maximum Gasteiger partial charge on any atom is 0.213 e. The molecule has 0 atom stereocenters. The molecule has 0 aliphatic carbocycles. The van der Waals surface area contributed by atoms with Crippen molar-refractivity contribution in [2.24, 2.45) is 0 Å². The van der Waals surface area contributed by atoms with Crippen molar-refractivity contribution in [1.29, 1.82) is 0 Å². The van der Waals surface area contributed by atoms with Gasteiger partial charge in [-0.2, -0.15) is 4.57 Å². The molecule has 0 radical (unpaired) electrons. The maximum absolute atomic E-state index is 8.49. The summed E-state index contributed by atoms with van der Waals surface area (Å²) in [6.45, 7) is 2.94. The fourth-order valence-corrected chi connectivity index (χ4v) is 4.16. The third-order valence-corrected chi connectivity index (χ3v) is 5.87. The molecule has 4 aromatic carbocycles. The van der Waals surface area contributed by atoms with Crippen molar-refractivity contribution in [3.8, 4) is 33.6 Å². The molecule has 0 aliphatic heterocycles. The number of nitrogens with zero attached hydrogens (tertiary/aromatic N) is 1. The van der Waals surface area contributed by atoms with E-state index in [2.05, 4.69) is 139 Å². The summed E-state index contributed by atoms with van der Waals surface area (Å²) in [7, 11) is -4.94. The standard InChI is InChI=1S/C31H26N.ClHO4/c1-24-17-19-25(20-18-24)23-32-30(27-13-7-3-8-14-27)21-29(26-11-5-2-6-12-26)22-31(32)28-15-9-4-10-16-28;2-1(3,4)5/h2-22H,23H2,1H3;(H,2,3,4,5)/q+1;/p-1. The molecule has 0 spiro atoms. The summed E-state index contributed by atoms with van der Waals surface area (Å²) in [6, 6.07) is 45.6. The summed E-state index contributed by atoms with van der Waals surface area (Å²) in [6.07, 6.45) is 0. The Labute approximate surface area is 218 Å². The summed E-state index contributed by atoms with van der Waals surface area (Å²) in [5.74, 6) is 0. The van der Waals surface area contributed by atoms with E-state index in [9.17, 15) is 0 Å². The van der Waals surface area contributed by atoms with Crippen LogP contribution in [0.1, 0.15) is 11.1 Å². The van der Waals surface area contributed by atoms with Gasteiger partial charge in [-0.1, -0.05) is 96.6 Å². The molecule has 5 nitrogen and oxygen atoms in total. The van der Waals surface area contributed by atoms with Gasteiger partial charge in [0.05, 0.1) is 0 Å². The number of pyridine rings is 1. The predicted octanol–water partition coefficient (Wildman–Crippen LogP) is 2.58. The van der Waals surface area contributed by atoms with Gasteiger partial charge >= 0.3 is 0 Å². The van der Waals surface area contributed by atoms with Crippen LogP contribution in [0.25, 0.3) is 33.6 Å². The second kappa shape index (κ2) is 11.9. The normalized spacial score (nSPS) is 10.9. The lowest BCUT2D eigenvalue weighted by Gasteiger charge is -2.17. The second-order valence-electron chi connectivity index (χ2n) is 8.56. The van der Waals surface area contributed by atoms with E-state index in [1.807, 2.05) is 0 Å². The first-order chi connectivity index (χ1) is 17.8. The van der Waals surface area contributed by atoms with Crippen LogP contribution in [0.15, 0.2) is 127 Å². The molecule has 6 heteroatoms. The summed E-state index contributed by atoms with van der Waals surface area (Å²) in [4.78, 5) is 0. The third-order valence-electron chi connectivity index (χ3n) is 5.87. The number of rotatable bonds is 5. The van der Waals surface area contributed by atoms with Crippen molar-refractivity contribution in [3.05, 3.63) is 139 Å². The molecule has 0 bridgehead atoms. The first-order valence-electron chi connectivity index (χ1n) is 11.7. The average Bonchev–Trinajstić information content (AvgIpc) is 2.90. The lowest BCUT2D eigenvalue weighted by atomic mass is 9.98. The van der Waals surface area contributed by atoms with Gasteiger partial charge in [0.2, 0.25) is 11.4 Å². The van der Waals surface area contributed by atoms with Gasteiger partial charge < -0.3 is 0 Å². The number of hydrogen-bond acceptors (Lipinski definition) is 4. The zero-order chi connectivity index (χ0) is 26.3. The number of benzene rings is 4. The Morgan fingerprint density at radius 2 is 0.892 bits per heavy atom. The molecule has 0 aliphatic rings.